The average Bonchev–Trinajstić information content (AvgIpc) is 3.19. The van der Waals surface area contributed by atoms with E-state index in [1.165, 1.54) is 7.11 Å². The number of aromatic nitrogens is 2. The van der Waals surface area contributed by atoms with Crippen molar-refractivity contribution in [3.8, 4) is 28.9 Å². The van der Waals surface area contributed by atoms with Gasteiger partial charge >= 0.3 is 11.5 Å². The van der Waals surface area contributed by atoms with Crippen LogP contribution in [0.15, 0.2) is 79.0 Å². The highest BCUT2D eigenvalue weighted by molar-refractivity contribution is 8.01. The molecule has 0 atom stereocenters. The number of methoxy groups -OCH3 is 3. The summed E-state index contributed by atoms with van der Waals surface area (Å²) in [7, 11) is 4.49. The van der Waals surface area contributed by atoms with Crippen LogP contribution in [0.4, 0.5) is 46.7 Å². The van der Waals surface area contributed by atoms with Crippen LogP contribution in [0.3, 0.4) is 0 Å². The highest BCUT2D eigenvalue weighted by Gasteiger charge is 2.30. The molecule has 1 heterocycles. The van der Waals surface area contributed by atoms with Crippen molar-refractivity contribution in [1.82, 2.24) is 9.97 Å². The fourth-order valence-electron chi connectivity index (χ4n) is 5.54. The summed E-state index contributed by atoms with van der Waals surface area (Å²) in [5.74, 6) is 2.08. The van der Waals surface area contributed by atoms with Gasteiger partial charge in [-0.25, -0.2) is 9.78 Å². The lowest BCUT2D eigenvalue weighted by atomic mass is 9.86. The fourth-order valence-corrected chi connectivity index (χ4v) is 5.91. The minimum Gasteiger partial charge on any atom is -0.497 e. The zero-order valence-electron chi connectivity index (χ0n) is 33.5. The number of alkyl halides is 3. The largest absolute Gasteiger partial charge is 0.497 e. The van der Waals surface area contributed by atoms with E-state index in [9.17, 15) is 18.0 Å². The molecule has 2 amide bonds. The van der Waals surface area contributed by atoms with Gasteiger partial charge in [-0.15, -0.1) is 0 Å². The molecular formula is C41H47F3N6O8S. The standard InChI is InChI=1S/C41H47F3N6O8S/c1-40(2,3)26-21-33(37(54-6)34(22-26)50-59-41(42,43)44)48-39(51)47-32-11-12-35(31-10-8-7-9-30(31)32)58-36-13-14-45-38(49-36)46-27-23-28(53-5)25-29(24-27)57-20-19-56-18-17-55-16-15-52-4/h7-14,21-25,50H,15-20H2,1-6H3,(H,45,46,49)(H2,47,48,51). The Balaban J connectivity index is 1.27. The second-order valence-corrected chi connectivity index (χ2v) is 14.5. The van der Waals surface area contributed by atoms with Crippen LogP contribution < -0.4 is 39.6 Å². The SMILES string of the molecule is COCCOCCOCCOc1cc(Nc2nccc(Oc3ccc(NC(=O)Nc4cc(C(C)(C)C)cc(NSC(F)(F)F)c4OC)c4ccccc34)n2)cc(OC)c1. The Kier molecular flexibility index (Phi) is 15.7. The average molecular weight is 841 g/mol. The molecule has 59 heavy (non-hydrogen) atoms. The van der Waals surface area contributed by atoms with E-state index in [-0.39, 0.29) is 29.0 Å². The number of hydrogen-bond donors (Lipinski definition) is 4. The summed E-state index contributed by atoms with van der Waals surface area (Å²) in [5, 5.41) is 10.1. The molecule has 0 saturated carbocycles. The number of halogens is 3. The van der Waals surface area contributed by atoms with Crippen LogP contribution in [0.1, 0.15) is 26.3 Å². The third-order valence-corrected chi connectivity index (χ3v) is 8.89. The van der Waals surface area contributed by atoms with E-state index in [2.05, 4.69) is 30.6 Å². The molecule has 316 valence electrons. The molecule has 0 bridgehead atoms. The summed E-state index contributed by atoms with van der Waals surface area (Å²) < 4.78 is 80.6. The van der Waals surface area contributed by atoms with Gasteiger partial charge in [0.15, 0.2) is 5.75 Å². The van der Waals surface area contributed by atoms with Crippen LogP contribution in [0.2, 0.25) is 0 Å². The van der Waals surface area contributed by atoms with Gasteiger partial charge in [0.05, 0.1) is 76.3 Å². The molecule has 0 aliphatic rings. The highest BCUT2D eigenvalue weighted by atomic mass is 32.2. The fraction of sp³-hybridized carbons (Fsp3) is 0.341. The molecule has 5 aromatic rings. The van der Waals surface area contributed by atoms with Crippen LogP contribution in [0.25, 0.3) is 10.8 Å². The van der Waals surface area contributed by atoms with Gasteiger partial charge < -0.3 is 53.8 Å². The van der Waals surface area contributed by atoms with Crippen molar-refractivity contribution in [2.45, 2.75) is 31.7 Å². The minimum atomic E-state index is -4.55. The van der Waals surface area contributed by atoms with Crippen molar-refractivity contribution in [3.63, 3.8) is 0 Å². The first-order valence-electron chi connectivity index (χ1n) is 18.3. The Morgan fingerprint density at radius 2 is 1.42 bits per heavy atom. The van der Waals surface area contributed by atoms with Gasteiger partial charge in [0.1, 0.15) is 23.9 Å². The second-order valence-electron chi connectivity index (χ2n) is 13.6. The lowest BCUT2D eigenvalue weighted by Gasteiger charge is -2.24. The van der Waals surface area contributed by atoms with Crippen LogP contribution >= 0.6 is 11.9 Å². The zero-order chi connectivity index (χ0) is 42.4. The summed E-state index contributed by atoms with van der Waals surface area (Å²) in [6, 6.07) is 20.2. The lowest BCUT2D eigenvalue weighted by Crippen LogP contribution is -2.21. The van der Waals surface area contributed by atoms with Gasteiger partial charge in [-0.05, 0) is 35.2 Å². The van der Waals surface area contributed by atoms with Crippen molar-refractivity contribution in [1.29, 1.82) is 0 Å². The first kappa shape index (κ1) is 44.4. The molecule has 0 unspecified atom stereocenters. The van der Waals surface area contributed by atoms with Crippen molar-refractivity contribution in [2.24, 2.45) is 0 Å². The summed E-state index contributed by atoms with van der Waals surface area (Å²) in [6.45, 7) is 8.33. The molecule has 4 N–H and O–H groups in total. The Labute approximate surface area is 344 Å². The topological polar surface area (TPSA) is 156 Å². The maximum Gasteiger partial charge on any atom is 0.461 e. The number of carbonyl (C=O) groups is 1. The Morgan fingerprint density at radius 1 is 0.746 bits per heavy atom. The smallest absolute Gasteiger partial charge is 0.461 e. The van der Waals surface area contributed by atoms with Crippen LogP contribution in [0, 0.1) is 0 Å². The number of nitrogens with zero attached hydrogens (tertiary/aromatic N) is 2. The number of ether oxygens (including phenoxy) is 7. The van der Waals surface area contributed by atoms with Crippen LogP contribution in [-0.4, -0.2) is 82.5 Å². The molecule has 0 fully saturated rings. The molecule has 0 aliphatic carbocycles. The number of fused-ring (bicyclic) bond motifs is 1. The zero-order valence-corrected chi connectivity index (χ0v) is 34.3. The summed E-state index contributed by atoms with van der Waals surface area (Å²) in [4.78, 5) is 22.4. The van der Waals surface area contributed by atoms with Crippen LogP contribution in [-0.2, 0) is 19.6 Å². The lowest BCUT2D eigenvalue weighted by molar-refractivity contribution is -0.0323. The van der Waals surface area contributed by atoms with Crippen molar-refractivity contribution < 1.29 is 51.1 Å². The summed E-state index contributed by atoms with van der Waals surface area (Å²) >= 11 is -0.422. The molecule has 0 spiro atoms. The van der Waals surface area contributed by atoms with E-state index in [1.54, 1.807) is 68.9 Å². The first-order chi connectivity index (χ1) is 28.3. The molecule has 18 heteroatoms. The van der Waals surface area contributed by atoms with E-state index in [4.69, 9.17) is 33.2 Å². The number of benzene rings is 4. The van der Waals surface area contributed by atoms with Crippen molar-refractivity contribution in [2.75, 3.05) is 81.6 Å². The predicted octanol–water partition coefficient (Wildman–Crippen LogP) is 9.76. The Hall–Kier alpha value is -5.69. The molecule has 1 aromatic heterocycles. The number of urea groups is 1. The minimum absolute atomic E-state index is 0.0369. The molecule has 4 aromatic carbocycles. The molecule has 0 saturated heterocycles. The molecule has 14 nitrogen and oxygen atoms in total. The Morgan fingerprint density at radius 3 is 2.12 bits per heavy atom. The maximum atomic E-state index is 13.5. The number of hydrogen-bond acceptors (Lipinski definition) is 13. The number of amides is 2. The van der Waals surface area contributed by atoms with Gasteiger partial charge in [-0.1, -0.05) is 45.0 Å². The quantitative estimate of drug-likeness (QED) is 0.0435. The predicted molar refractivity (Wildman–Crippen MR) is 223 cm³/mol. The molecule has 0 radical (unpaired) electrons. The van der Waals surface area contributed by atoms with Gasteiger partial charge in [0, 0.05) is 54.0 Å². The third kappa shape index (κ3) is 13.4. The van der Waals surface area contributed by atoms with Gasteiger partial charge in [0.2, 0.25) is 11.8 Å². The van der Waals surface area contributed by atoms with Crippen molar-refractivity contribution >= 4 is 57.4 Å². The first-order valence-corrected chi connectivity index (χ1v) is 19.1. The monoisotopic (exact) mass is 840 g/mol. The summed E-state index contributed by atoms with van der Waals surface area (Å²) in [5.41, 5.74) is -3.05. The van der Waals surface area contributed by atoms with Crippen molar-refractivity contribution in [3.05, 3.63) is 84.6 Å². The number of anilines is 5. The van der Waals surface area contributed by atoms with Gasteiger partial charge in [-0.2, -0.15) is 18.2 Å². The Bertz CT molecular complexity index is 2170. The normalized spacial score (nSPS) is 11.5. The van der Waals surface area contributed by atoms with Gasteiger partial charge in [0.25, 0.3) is 0 Å². The third-order valence-electron chi connectivity index (χ3n) is 8.33. The molecule has 0 aliphatic heterocycles. The number of rotatable bonds is 20. The maximum absolute atomic E-state index is 13.5. The second kappa shape index (κ2) is 20.8. The van der Waals surface area contributed by atoms with Crippen LogP contribution in [0.5, 0.6) is 28.9 Å². The molecule has 5 rings (SSSR count). The molecular weight excluding hydrogens is 794 g/mol. The number of nitrogens with one attached hydrogen (secondary N) is 4. The highest BCUT2D eigenvalue weighted by Crippen LogP contribution is 2.42. The van der Waals surface area contributed by atoms with E-state index in [1.807, 2.05) is 45.0 Å². The summed E-state index contributed by atoms with van der Waals surface area (Å²) in [6.07, 6.45) is 1.55. The van der Waals surface area contributed by atoms with E-state index in [0.717, 1.165) is 0 Å². The van der Waals surface area contributed by atoms with E-state index < -0.39 is 28.9 Å². The van der Waals surface area contributed by atoms with E-state index in [0.29, 0.717) is 84.6 Å². The van der Waals surface area contributed by atoms with Gasteiger partial charge in [-0.3, -0.25) is 0 Å². The number of carbonyl (C=O) groups excluding carboxylic acids is 1. The van der Waals surface area contributed by atoms with E-state index >= 15 is 0 Å².